The van der Waals surface area contributed by atoms with Gasteiger partial charge in [-0.1, -0.05) is 43.7 Å². The summed E-state index contributed by atoms with van der Waals surface area (Å²) in [6.45, 7) is 1.95. The zero-order valence-corrected chi connectivity index (χ0v) is 14.8. The summed E-state index contributed by atoms with van der Waals surface area (Å²) in [6.07, 6.45) is 0.281. The van der Waals surface area contributed by atoms with Crippen molar-refractivity contribution in [3.8, 4) is 5.75 Å². The average molecular weight is 372 g/mol. The van der Waals surface area contributed by atoms with Crippen LogP contribution in [0.15, 0.2) is 54.6 Å². The van der Waals surface area contributed by atoms with Gasteiger partial charge in [-0.2, -0.15) is 0 Å². The molecule has 0 spiro atoms. The third kappa shape index (κ3) is 6.43. The highest BCUT2D eigenvalue weighted by atomic mass is 16.6. The van der Waals surface area contributed by atoms with E-state index in [0.29, 0.717) is 12.8 Å². The highest BCUT2D eigenvalue weighted by molar-refractivity contribution is 5.82. The summed E-state index contributed by atoms with van der Waals surface area (Å²) in [6, 6.07) is 13.4. The molecule has 2 rings (SSSR count). The van der Waals surface area contributed by atoms with E-state index in [4.69, 9.17) is 9.47 Å². The van der Waals surface area contributed by atoms with Gasteiger partial charge in [-0.15, -0.1) is 0 Å². The number of ether oxygens (including phenoxy) is 2. The van der Waals surface area contributed by atoms with Crippen LogP contribution in [-0.2, 0) is 16.1 Å². The minimum Gasteiger partial charge on any atom is -0.445 e. The second-order valence-corrected chi connectivity index (χ2v) is 5.72. The smallest absolute Gasteiger partial charge is 0.408 e. The van der Waals surface area contributed by atoms with E-state index in [1.54, 1.807) is 0 Å². The number of nitrogens with zero attached hydrogens (tertiary/aromatic N) is 1. The van der Waals surface area contributed by atoms with E-state index < -0.39 is 23.0 Å². The van der Waals surface area contributed by atoms with Gasteiger partial charge in [0.2, 0.25) is 0 Å². The molecule has 27 heavy (non-hydrogen) atoms. The first-order chi connectivity index (χ1) is 13.0. The number of benzene rings is 2. The zero-order chi connectivity index (χ0) is 19.6. The Bertz CT molecular complexity index is 777. The van der Waals surface area contributed by atoms with Gasteiger partial charge in [0.15, 0.2) is 0 Å². The molecule has 0 aliphatic heterocycles. The number of nitrogens with one attached hydrogen (secondary N) is 1. The van der Waals surface area contributed by atoms with Crippen LogP contribution < -0.4 is 10.1 Å². The van der Waals surface area contributed by atoms with Crippen molar-refractivity contribution in [1.29, 1.82) is 0 Å². The monoisotopic (exact) mass is 372 g/mol. The van der Waals surface area contributed by atoms with Crippen molar-refractivity contribution in [2.75, 3.05) is 0 Å². The van der Waals surface area contributed by atoms with Gasteiger partial charge < -0.3 is 14.8 Å². The number of hydrogen-bond donors (Lipinski definition) is 1. The molecule has 2 aromatic rings. The van der Waals surface area contributed by atoms with Crippen LogP contribution in [-0.4, -0.2) is 23.0 Å². The van der Waals surface area contributed by atoms with Crippen LogP contribution in [0.5, 0.6) is 5.75 Å². The van der Waals surface area contributed by atoms with E-state index in [1.165, 1.54) is 24.3 Å². The summed E-state index contributed by atoms with van der Waals surface area (Å²) in [5, 5.41) is 13.1. The lowest BCUT2D eigenvalue weighted by Gasteiger charge is -2.16. The number of nitro benzene ring substituents is 1. The molecular formula is C19H20N2O6. The number of amides is 1. The van der Waals surface area contributed by atoms with Crippen LogP contribution in [0.4, 0.5) is 10.5 Å². The summed E-state index contributed by atoms with van der Waals surface area (Å²) in [7, 11) is 0. The summed E-state index contributed by atoms with van der Waals surface area (Å²) >= 11 is 0. The predicted octanol–water partition coefficient (Wildman–Crippen LogP) is 3.60. The second-order valence-electron chi connectivity index (χ2n) is 5.72. The van der Waals surface area contributed by atoms with Gasteiger partial charge in [0.25, 0.3) is 5.69 Å². The number of esters is 1. The Morgan fingerprint density at radius 2 is 1.78 bits per heavy atom. The third-order valence-electron chi connectivity index (χ3n) is 3.63. The number of alkyl carbamates (subject to hydrolysis) is 1. The molecule has 0 aromatic heterocycles. The number of carbonyl (C=O) groups is 2. The largest absolute Gasteiger partial charge is 0.445 e. The maximum absolute atomic E-state index is 12.3. The standard InChI is InChI=1S/C19H20N2O6/c1-2-6-17(20-19(23)26-13-14-7-4-3-5-8-14)18(22)27-16-11-9-15(10-12-16)21(24)25/h3-5,7-12,17H,2,6,13H2,1H3,(H,20,23)/t17-/m1/s1. The number of non-ortho nitro benzene ring substituents is 1. The van der Waals surface area contributed by atoms with E-state index in [9.17, 15) is 19.7 Å². The Hall–Kier alpha value is -3.42. The molecule has 0 bridgehead atoms. The van der Waals surface area contributed by atoms with Crippen molar-refractivity contribution >= 4 is 17.7 Å². The molecule has 0 radical (unpaired) electrons. The maximum atomic E-state index is 12.3. The molecule has 0 aliphatic carbocycles. The molecule has 142 valence electrons. The van der Waals surface area contributed by atoms with Gasteiger partial charge >= 0.3 is 12.1 Å². The molecule has 1 N–H and O–H groups in total. The molecule has 1 atom stereocenters. The highest BCUT2D eigenvalue weighted by Gasteiger charge is 2.23. The Kier molecular flexibility index (Phi) is 7.30. The fourth-order valence-electron chi connectivity index (χ4n) is 2.27. The molecule has 0 heterocycles. The van der Waals surface area contributed by atoms with Crippen molar-refractivity contribution in [3.05, 3.63) is 70.3 Å². The Morgan fingerprint density at radius 3 is 2.37 bits per heavy atom. The van der Waals surface area contributed by atoms with E-state index in [0.717, 1.165) is 5.56 Å². The molecule has 0 aliphatic rings. The van der Waals surface area contributed by atoms with Gasteiger partial charge in [-0.25, -0.2) is 9.59 Å². The van der Waals surface area contributed by atoms with Gasteiger partial charge in [-0.05, 0) is 24.1 Å². The summed E-state index contributed by atoms with van der Waals surface area (Å²) in [4.78, 5) is 34.4. The predicted molar refractivity (Wildman–Crippen MR) is 97.2 cm³/mol. The molecule has 0 unspecified atom stereocenters. The van der Waals surface area contributed by atoms with Crippen molar-refractivity contribution < 1.29 is 24.0 Å². The second kappa shape index (κ2) is 9.91. The summed E-state index contributed by atoms with van der Waals surface area (Å²) in [5.41, 5.74) is 0.718. The van der Waals surface area contributed by atoms with Crippen molar-refractivity contribution in [2.24, 2.45) is 0 Å². The van der Waals surface area contributed by atoms with Crippen LogP contribution in [0.25, 0.3) is 0 Å². The quantitative estimate of drug-likeness (QED) is 0.328. The number of carbonyl (C=O) groups excluding carboxylic acids is 2. The lowest BCUT2D eigenvalue weighted by Crippen LogP contribution is -2.43. The van der Waals surface area contributed by atoms with E-state index in [-0.39, 0.29) is 18.0 Å². The molecular weight excluding hydrogens is 352 g/mol. The van der Waals surface area contributed by atoms with Crippen molar-refractivity contribution in [2.45, 2.75) is 32.4 Å². The minimum absolute atomic E-state index is 0.0862. The van der Waals surface area contributed by atoms with E-state index in [2.05, 4.69) is 5.32 Å². The fourth-order valence-corrected chi connectivity index (χ4v) is 2.27. The molecule has 1 amide bonds. The van der Waals surface area contributed by atoms with Crippen LogP contribution >= 0.6 is 0 Å². The fraction of sp³-hybridized carbons (Fsp3) is 0.263. The number of hydrogen-bond acceptors (Lipinski definition) is 6. The van der Waals surface area contributed by atoms with Gasteiger partial charge in [0, 0.05) is 12.1 Å². The third-order valence-corrected chi connectivity index (χ3v) is 3.63. The number of nitro groups is 1. The van der Waals surface area contributed by atoms with Crippen molar-refractivity contribution in [3.63, 3.8) is 0 Å². The van der Waals surface area contributed by atoms with E-state index in [1.807, 2.05) is 37.3 Å². The molecule has 2 aromatic carbocycles. The Balaban J connectivity index is 1.91. The van der Waals surface area contributed by atoms with Crippen LogP contribution in [0, 0.1) is 10.1 Å². The SMILES string of the molecule is CCC[C@@H](NC(=O)OCc1ccccc1)C(=O)Oc1ccc([N+](=O)[O-])cc1. The average Bonchev–Trinajstić information content (AvgIpc) is 2.67. The topological polar surface area (TPSA) is 108 Å². The molecule has 8 nitrogen and oxygen atoms in total. The summed E-state index contributed by atoms with van der Waals surface area (Å²) < 4.78 is 10.3. The van der Waals surface area contributed by atoms with Crippen LogP contribution in [0.2, 0.25) is 0 Å². The Morgan fingerprint density at radius 1 is 1.11 bits per heavy atom. The molecule has 0 fully saturated rings. The minimum atomic E-state index is -0.881. The van der Waals surface area contributed by atoms with Gasteiger partial charge in [-0.3, -0.25) is 10.1 Å². The molecule has 8 heteroatoms. The Labute approximate surface area is 156 Å². The number of rotatable bonds is 8. The van der Waals surface area contributed by atoms with Gasteiger partial charge in [0.05, 0.1) is 4.92 Å². The van der Waals surface area contributed by atoms with Gasteiger partial charge in [0.1, 0.15) is 18.4 Å². The zero-order valence-electron chi connectivity index (χ0n) is 14.8. The molecule has 0 saturated carbocycles. The van der Waals surface area contributed by atoms with E-state index >= 15 is 0 Å². The molecule has 0 saturated heterocycles. The first-order valence-electron chi connectivity index (χ1n) is 8.43. The first kappa shape index (κ1) is 19.9. The first-order valence-corrected chi connectivity index (χ1v) is 8.43. The highest BCUT2D eigenvalue weighted by Crippen LogP contribution is 2.18. The van der Waals surface area contributed by atoms with Crippen LogP contribution in [0.3, 0.4) is 0 Å². The normalized spacial score (nSPS) is 11.3. The lowest BCUT2D eigenvalue weighted by atomic mass is 10.2. The van der Waals surface area contributed by atoms with Crippen molar-refractivity contribution in [1.82, 2.24) is 5.32 Å². The van der Waals surface area contributed by atoms with Crippen LogP contribution in [0.1, 0.15) is 25.3 Å². The maximum Gasteiger partial charge on any atom is 0.408 e. The summed E-state index contributed by atoms with van der Waals surface area (Å²) in [5.74, 6) is -0.506. The lowest BCUT2D eigenvalue weighted by molar-refractivity contribution is -0.384.